The van der Waals surface area contributed by atoms with E-state index in [2.05, 4.69) is 31.3 Å². The SMILES string of the molecule is Cc1cc(C(F)(F)F)n2nc(C(=O)Nc3ccc([N+](=O)[O-])cc3)c(Br)c2n1. The maximum atomic E-state index is 13.2. The number of rotatable bonds is 3. The number of benzene rings is 1. The molecule has 12 heteroatoms. The first-order valence-corrected chi connectivity index (χ1v) is 8.06. The van der Waals surface area contributed by atoms with Crippen molar-refractivity contribution in [1.82, 2.24) is 14.6 Å². The number of aryl methyl sites for hydroxylation is 1. The van der Waals surface area contributed by atoms with Gasteiger partial charge in [0.05, 0.1) is 9.40 Å². The Labute approximate surface area is 157 Å². The van der Waals surface area contributed by atoms with Crippen LogP contribution in [-0.2, 0) is 6.18 Å². The molecule has 0 fully saturated rings. The highest BCUT2D eigenvalue weighted by molar-refractivity contribution is 9.10. The lowest BCUT2D eigenvalue weighted by Crippen LogP contribution is -2.15. The summed E-state index contributed by atoms with van der Waals surface area (Å²) in [6.45, 7) is 1.39. The summed E-state index contributed by atoms with van der Waals surface area (Å²) in [6, 6.07) is 5.78. The number of carbonyl (C=O) groups is 1. The molecule has 0 aliphatic carbocycles. The van der Waals surface area contributed by atoms with Crippen molar-refractivity contribution >= 4 is 38.9 Å². The molecule has 0 unspecified atom stereocenters. The number of non-ortho nitro benzene ring substituents is 1. The maximum Gasteiger partial charge on any atom is 0.433 e. The molecule has 1 N–H and O–H groups in total. The van der Waals surface area contributed by atoms with Crippen LogP contribution in [0.3, 0.4) is 0 Å². The van der Waals surface area contributed by atoms with Gasteiger partial charge in [-0.2, -0.15) is 18.3 Å². The van der Waals surface area contributed by atoms with E-state index in [1.807, 2.05) is 0 Å². The number of carbonyl (C=O) groups excluding carboxylic acids is 1. The fraction of sp³-hybridized carbons (Fsp3) is 0.133. The van der Waals surface area contributed by atoms with Gasteiger partial charge in [0, 0.05) is 23.5 Å². The van der Waals surface area contributed by atoms with E-state index >= 15 is 0 Å². The van der Waals surface area contributed by atoms with E-state index in [1.54, 1.807) is 0 Å². The van der Waals surface area contributed by atoms with E-state index in [1.165, 1.54) is 31.2 Å². The number of nitrogens with one attached hydrogen (secondary N) is 1. The third kappa shape index (κ3) is 3.60. The van der Waals surface area contributed by atoms with Gasteiger partial charge in [0.25, 0.3) is 11.6 Å². The summed E-state index contributed by atoms with van der Waals surface area (Å²) in [6.07, 6.45) is -4.69. The molecule has 140 valence electrons. The molecule has 8 nitrogen and oxygen atoms in total. The summed E-state index contributed by atoms with van der Waals surface area (Å²) in [7, 11) is 0. The second kappa shape index (κ2) is 6.61. The highest BCUT2D eigenvalue weighted by Crippen LogP contribution is 2.32. The average Bonchev–Trinajstić information content (AvgIpc) is 2.91. The second-order valence-electron chi connectivity index (χ2n) is 5.44. The smallest absolute Gasteiger partial charge is 0.321 e. The number of nitro groups is 1. The maximum absolute atomic E-state index is 13.2. The van der Waals surface area contributed by atoms with E-state index in [0.717, 1.165) is 6.07 Å². The molecule has 0 spiro atoms. The Morgan fingerprint density at radius 3 is 2.48 bits per heavy atom. The first kappa shape index (κ1) is 18.8. The van der Waals surface area contributed by atoms with E-state index in [4.69, 9.17) is 0 Å². The molecule has 27 heavy (non-hydrogen) atoms. The van der Waals surface area contributed by atoms with Gasteiger partial charge in [0.15, 0.2) is 11.3 Å². The lowest BCUT2D eigenvalue weighted by molar-refractivity contribution is -0.384. The van der Waals surface area contributed by atoms with Gasteiger partial charge in [0.1, 0.15) is 5.69 Å². The van der Waals surface area contributed by atoms with Crippen LogP contribution in [-0.4, -0.2) is 25.4 Å². The second-order valence-corrected chi connectivity index (χ2v) is 6.23. The molecule has 0 saturated heterocycles. The molecule has 0 saturated carbocycles. The predicted molar refractivity (Wildman–Crippen MR) is 91.5 cm³/mol. The summed E-state index contributed by atoms with van der Waals surface area (Å²) in [5.74, 6) is -0.799. The van der Waals surface area contributed by atoms with Crippen LogP contribution in [0.25, 0.3) is 5.65 Å². The number of hydrogen-bond donors (Lipinski definition) is 1. The molecular weight excluding hydrogens is 435 g/mol. The summed E-state index contributed by atoms with van der Waals surface area (Å²) >= 11 is 3.07. The molecule has 0 bridgehead atoms. The first-order valence-electron chi connectivity index (χ1n) is 7.27. The van der Waals surface area contributed by atoms with E-state index in [0.29, 0.717) is 4.52 Å². The van der Waals surface area contributed by atoms with Gasteiger partial charge in [-0.3, -0.25) is 14.9 Å². The van der Waals surface area contributed by atoms with Crippen molar-refractivity contribution in [2.24, 2.45) is 0 Å². The molecule has 3 aromatic rings. The van der Waals surface area contributed by atoms with Crippen LogP contribution >= 0.6 is 15.9 Å². The fourth-order valence-corrected chi connectivity index (χ4v) is 2.83. The molecule has 0 aliphatic rings. The third-order valence-electron chi connectivity index (χ3n) is 3.50. The molecule has 0 atom stereocenters. The largest absolute Gasteiger partial charge is 0.433 e. The highest BCUT2D eigenvalue weighted by Gasteiger charge is 2.36. The van der Waals surface area contributed by atoms with Crippen LogP contribution < -0.4 is 5.32 Å². The van der Waals surface area contributed by atoms with Gasteiger partial charge in [-0.15, -0.1) is 0 Å². The quantitative estimate of drug-likeness (QED) is 0.487. The predicted octanol–water partition coefficient (Wildman–Crippen LogP) is 3.98. The lowest BCUT2D eigenvalue weighted by Gasteiger charge is -2.09. The van der Waals surface area contributed by atoms with Gasteiger partial charge >= 0.3 is 6.18 Å². The Bertz CT molecular complexity index is 1060. The lowest BCUT2D eigenvalue weighted by atomic mass is 10.2. The number of alkyl halides is 3. The number of hydrogen-bond acceptors (Lipinski definition) is 5. The van der Waals surface area contributed by atoms with Crippen molar-refractivity contribution in [3.8, 4) is 0 Å². The van der Waals surface area contributed by atoms with Crippen LogP contribution in [0.5, 0.6) is 0 Å². The summed E-state index contributed by atoms with van der Waals surface area (Å²) in [5.41, 5.74) is -1.38. The van der Waals surface area contributed by atoms with Crippen molar-refractivity contribution in [2.45, 2.75) is 13.1 Å². The van der Waals surface area contributed by atoms with Gasteiger partial charge in [-0.1, -0.05) is 0 Å². The topological polar surface area (TPSA) is 102 Å². The van der Waals surface area contributed by atoms with Crippen molar-refractivity contribution < 1.29 is 22.9 Å². The number of halogens is 4. The highest BCUT2D eigenvalue weighted by atomic mass is 79.9. The number of nitro benzene ring substituents is 1. The van der Waals surface area contributed by atoms with Gasteiger partial charge < -0.3 is 5.32 Å². The number of fused-ring (bicyclic) bond motifs is 1. The van der Waals surface area contributed by atoms with Gasteiger partial charge in [-0.05, 0) is 41.1 Å². The Morgan fingerprint density at radius 2 is 1.93 bits per heavy atom. The van der Waals surface area contributed by atoms with Gasteiger partial charge in [-0.25, -0.2) is 9.50 Å². The fourth-order valence-electron chi connectivity index (χ4n) is 2.32. The van der Waals surface area contributed by atoms with Crippen molar-refractivity contribution in [3.05, 3.63) is 62.0 Å². The van der Waals surface area contributed by atoms with Crippen LogP contribution in [0.1, 0.15) is 21.9 Å². The molecule has 2 aromatic heterocycles. The van der Waals surface area contributed by atoms with Crippen molar-refractivity contribution in [2.75, 3.05) is 5.32 Å². The Balaban J connectivity index is 2.00. The zero-order valence-corrected chi connectivity index (χ0v) is 15.0. The van der Waals surface area contributed by atoms with E-state index in [9.17, 15) is 28.1 Å². The molecule has 0 aliphatic heterocycles. The van der Waals surface area contributed by atoms with Crippen LogP contribution in [0.15, 0.2) is 34.8 Å². The molecule has 1 aromatic carbocycles. The average molecular weight is 444 g/mol. The normalized spacial score (nSPS) is 11.6. The molecule has 2 heterocycles. The molecule has 0 radical (unpaired) electrons. The standard InChI is InChI=1S/C15H9BrF3N5O3/c1-7-6-10(15(17,18)19)23-13(20-7)11(16)12(22-23)14(25)21-8-2-4-9(5-3-8)24(26)27/h2-6H,1H3,(H,21,25). The third-order valence-corrected chi connectivity index (χ3v) is 4.23. The molecule has 3 rings (SSSR count). The zero-order valence-electron chi connectivity index (χ0n) is 13.4. The van der Waals surface area contributed by atoms with Crippen LogP contribution in [0.4, 0.5) is 24.5 Å². The van der Waals surface area contributed by atoms with E-state index < -0.39 is 22.7 Å². The minimum Gasteiger partial charge on any atom is -0.321 e. The minimum atomic E-state index is -4.69. The number of anilines is 1. The van der Waals surface area contributed by atoms with Crippen LogP contribution in [0.2, 0.25) is 0 Å². The van der Waals surface area contributed by atoms with Crippen LogP contribution in [0, 0.1) is 17.0 Å². The Morgan fingerprint density at radius 1 is 1.30 bits per heavy atom. The van der Waals surface area contributed by atoms with Gasteiger partial charge in [0.2, 0.25) is 0 Å². The number of nitrogens with zero attached hydrogens (tertiary/aromatic N) is 4. The zero-order chi connectivity index (χ0) is 19.9. The summed E-state index contributed by atoms with van der Waals surface area (Å²) < 4.78 is 40.2. The minimum absolute atomic E-state index is 0.00360. The van der Waals surface area contributed by atoms with Crippen molar-refractivity contribution in [3.63, 3.8) is 0 Å². The summed E-state index contributed by atoms with van der Waals surface area (Å²) in [4.78, 5) is 26.4. The number of aromatic nitrogens is 3. The first-order chi connectivity index (χ1) is 12.6. The van der Waals surface area contributed by atoms with E-state index in [-0.39, 0.29) is 32.9 Å². The molecular formula is C15H9BrF3N5O3. The molecule has 1 amide bonds. The number of amides is 1. The Kier molecular flexibility index (Phi) is 4.59. The van der Waals surface area contributed by atoms with Crippen molar-refractivity contribution in [1.29, 1.82) is 0 Å². The summed E-state index contributed by atoms with van der Waals surface area (Å²) in [5, 5.41) is 16.8. The Hall–Kier alpha value is -3.02. The monoisotopic (exact) mass is 443 g/mol.